The van der Waals surface area contributed by atoms with Crippen LogP contribution in [-0.4, -0.2) is 25.4 Å². The average molecular weight is 295 g/mol. The third-order valence-electron chi connectivity index (χ3n) is 3.42. The number of rotatable bonds is 3. The van der Waals surface area contributed by atoms with Gasteiger partial charge in [0.05, 0.1) is 6.20 Å². The molecule has 0 spiro atoms. The van der Waals surface area contributed by atoms with Gasteiger partial charge in [0.25, 0.3) is 5.91 Å². The molecule has 0 saturated heterocycles. The molecule has 0 saturated carbocycles. The summed E-state index contributed by atoms with van der Waals surface area (Å²) in [5.74, 6) is 1.28. The molecule has 2 aromatic heterocycles. The number of benzene rings is 1. The zero-order valence-corrected chi connectivity index (χ0v) is 12.7. The number of carbonyl (C=O) groups is 1. The summed E-state index contributed by atoms with van der Waals surface area (Å²) < 4.78 is 1.93. The molecular formula is C16H17N5O. The van der Waals surface area contributed by atoms with Crippen LogP contribution in [0.1, 0.15) is 35.9 Å². The number of hydrogen-bond donors (Lipinski definition) is 1. The second kappa shape index (κ2) is 5.55. The van der Waals surface area contributed by atoms with Gasteiger partial charge in [-0.3, -0.25) is 10.1 Å². The lowest BCUT2D eigenvalue weighted by Crippen LogP contribution is -2.14. The van der Waals surface area contributed by atoms with E-state index < -0.39 is 0 Å². The maximum atomic E-state index is 12.1. The number of anilines is 1. The summed E-state index contributed by atoms with van der Waals surface area (Å²) in [7, 11) is 1.92. The molecule has 1 amide bonds. The number of hydrogen-bond acceptors (Lipinski definition) is 4. The molecular weight excluding hydrogens is 278 g/mol. The van der Waals surface area contributed by atoms with Crippen LogP contribution in [0, 0.1) is 0 Å². The molecule has 0 radical (unpaired) electrons. The summed E-state index contributed by atoms with van der Waals surface area (Å²) in [5.41, 5.74) is 2.00. The van der Waals surface area contributed by atoms with Crippen LogP contribution in [0.5, 0.6) is 0 Å². The van der Waals surface area contributed by atoms with Gasteiger partial charge < -0.3 is 4.57 Å². The third kappa shape index (κ3) is 2.55. The van der Waals surface area contributed by atoms with Crippen molar-refractivity contribution < 1.29 is 4.79 Å². The first-order chi connectivity index (χ1) is 10.6. The van der Waals surface area contributed by atoms with Gasteiger partial charge in [0.2, 0.25) is 5.95 Å². The fourth-order valence-electron chi connectivity index (χ4n) is 2.34. The monoisotopic (exact) mass is 295 g/mol. The van der Waals surface area contributed by atoms with Crippen molar-refractivity contribution in [2.75, 3.05) is 5.32 Å². The quantitative estimate of drug-likeness (QED) is 0.806. The standard InChI is InChI=1S/C16H17N5O/c1-10(2)13-18-12-9-17-16(19-14(12)21(13)3)20-15(22)11-7-5-4-6-8-11/h4-10H,1-3H3,(H,17,19,20,22). The molecule has 0 fully saturated rings. The molecule has 3 aromatic rings. The lowest BCUT2D eigenvalue weighted by Gasteiger charge is -2.05. The minimum absolute atomic E-state index is 0.230. The molecule has 112 valence electrons. The maximum absolute atomic E-state index is 12.1. The molecule has 3 rings (SSSR count). The third-order valence-corrected chi connectivity index (χ3v) is 3.42. The molecule has 1 N–H and O–H groups in total. The van der Waals surface area contributed by atoms with E-state index in [1.165, 1.54) is 0 Å². The van der Waals surface area contributed by atoms with Crippen LogP contribution in [0.4, 0.5) is 5.95 Å². The zero-order chi connectivity index (χ0) is 15.7. The highest BCUT2D eigenvalue weighted by Crippen LogP contribution is 2.19. The van der Waals surface area contributed by atoms with Crippen LogP contribution in [0.25, 0.3) is 11.2 Å². The Bertz CT molecular complexity index is 823. The summed E-state index contributed by atoms with van der Waals surface area (Å²) in [6.45, 7) is 4.15. The highest BCUT2D eigenvalue weighted by atomic mass is 16.1. The second-order valence-corrected chi connectivity index (χ2v) is 5.41. The molecule has 0 aliphatic carbocycles. The van der Waals surface area contributed by atoms with E-state index in [0.29, 0.717) is 17.1 Å². The molecule has 6 heteroatoms. The van der Waals surface area contributed by atoms with Crippen molar-refractivity contribution in [3.8, 4) is 0 Å². The van der Waals surface area contributed by atoms with E-state index in [1.54, 1.807) is 18.3 Å². The average Bonchev–Trinajstić information content (AvgIpc) is 2.85. The van der Waals surface area contributed by atoms with E-state index >= 15 is 0 Å². The minimum atomic E-state index is -0.230. The van der Waals surface area contributed by atoms with Gasteiger partial charge in [-0.1, -0.05) is 32.0 Å². The maximum Gasteiger partial charge on any atom is 0.258 e. The fourth-order valence-corrected chi connectivity index (χ4v) is 2.34. The topological polar surface area (TPSA) is 72.7 Å². The smallest absolute Gasteiger partial charge is 0.258 e. The normalized spacial score (nSPS) is 11.1. The summed E-state index contributed by atoms with van der Waals surface area (Å²) >= 11 is 0. The molecule has 0 unspecified atom stereocenters. The van der Waals surface area contributed by atoms with Crippen molar-refractivity contribution in [2.45, 2.75) is 19.8 Å². The predicted octanol–water partition coefficient (Wildman–Crippen LogP) is 2.74. The van der Waals surface area contributed by atoms with Gasteiger partial charge in [0, 0.05) is 18.5 Å². The van der Waals surface area contributed by atoms with Gasteiger partial charge in [0.15, 0.2) is 5.65 Å². The number of nitrogens with zero attached hydrogens (tertiary/aromatic N) is 4. The van der Waals surface area contributed by atoms with Crippen molar-refractivity contribution in [1.82, 2.24) is 19.5 Å². The van der Waals surface area contributed by atoms with Crippen molar-refractivity contribution in [1.29, 1.82) is 0 Å². The number of aromatic nitrogens is 4. The van der Waals surface area contributed by atoms with E-state index in [4.69, 9.17) is 0 Å². The lowest BCUT2D eigenvalue weighted by molar-refractivity contribution is 0.102. The van der Waals surface area contributed by atoms with Crippen molar-refractivity contribution in [3.63, 3.8) is 0 Å². The van der Waals surface area contributed by atoms with E-state index in [-0.39, 0.29) is 11.9 Å². The molecule has 6 nitrogen and oxygen atoms in total. The van der Waals surface area contributed by atoms with Crippen LogP contribution >= 0.6 is 0 Å². The first kappa shape index (κ1) is 14.2. The van der Waals surface area contributed by atoms with Gasteiger partial charge in [-0.25, -0.2) is 9.97 Å². The van der Waals surface area contributed by atoms with Crippen LogP contribution in [0.3, 0.4) is 0 Å². The number of fused-ring (bicyclic) bond motifs is 1. The molecule has 0 atom stereocenters. The van der Waals surface area contributed by atoms with Crippen molar-refractivity contribution in [2.24, 2.45) is 7.05 Å². The number of aryl methyl sites for hydroxylation is 1. The fraction of sp³-hybridized carbons (Fsp3) is 0.250. The highest BCUT2D eigenvalue weighted by molar-refractivity contribution is 6.03. The first-order valence-corrected chi connectivity index (χ1v) is 7.12. The Hall–Kier alpha value is -2.76. The van der Waals surface area contributed by atoms with Crippen molar-refractivity contribution in [3.05, 3.63) is 47.9 Å². The largest absolute Gasteiger partial charge is 0.315 e. The summed E-state index contributed by atoms with van der Waals surface area (Å²) in [5, 5.41) is 2.71. The molecule has 1 aromatic carbocycles. The molecule has 0 aliphatic heterocycles. The van der Waals surface area contributed by atoms with E-state index in [0.717, 1.165) is 11.3 Å². The van der Waals surface area contributed by atoms with Crippen LogP contribution in [0.2, 0.25) is 0 Å². The number of imidazole rings is 1. The molecule has 22 heavy (non-hydrogen) atoms. The first-order valence-electron chi connectivity index (χ1n) is 7.12. The SMILES string of the molecule is CC(C)c1nc2cnc(NC(=O)c3ccccc3)nc2n1C. The summed E-state index contributed by atoms with van der Waals surface area (Å²) in [4.78, 5) is 25.2. The van der Waals surface area contributed by atoms with Gasteiger partial charge in [-0.2, -0.15) is 4.98 Å². The molecule has 2 heterocycles. The van der Waals surface area contributed by atoms with Crippen LogP contribution in [0.15, 0.2) is 36.5 Å². The van der Waals surface area contributed by atoms with Gasteiger partial charge in [0.1, 0.15) is 11.3 Å². The van der Waals surface area contributed by atoms with Gasteiger partial charge >= 0.3 is 0 Å². The van der Waals surface area contributed by atoms with Crippen LogP contribution < -0.4 is 5.32 Å². The van der Waals surface area contributed by atoms with Crippen molar-refractivity contribution >= 4 is 23.0 Å². The Balaban J connectivity index is 1.92. The number of amides is 1. The highest BCUT2D eigenvalue weighted by Gasteiger charge is 2.14. The predicted molar refractivity (Wildman–Crippen MR) is 84.8 cm³/mol. The number of nitrogens with one attached hydrogen (secondary N) is 1. The van der Waals surface area contributed by atoms with E-state index in [1.807, 2.05) is 29.8 Å². The summed E-state index contributed by atoms with van der Waals surface area (Å²) in [6, 6.07) is 8.98. The summed E-state index contributed by atoms with van der Waals surface area (Å²) in [6.07, 6.45) is 1.63. The Labute approximate surface area is 128 Å². The van der Waals surface area contributed by atoms with E-state index in [2.05, 4.69) is 34.1 Å². The second-order valence-electron chi connectivity index (χ2n) is 5.41. The molecule has 0 bridgehead atoms. The Kier molecular flexibility index (Phi) is 3.58. The Morgan fingerprint density at radius 2 is 1.91 bits per heavy atom. The van der Waals surface area contributed by atoms with Crippen LogP contribution in [-0.2, 0) is 7.05 Å². The number of carbonyl (C=O) groups excluding carboxylic acids is 1. The Morgan fingerprint density at radius 1 is 1.18 bits per heavy atom. The van der Waals surface area contributed by atoms with Gasteiger partial charge in [-0.05, 0) is 12.1 Å². The zero-order valence-electron chi connectivity index (χ0n) is 12.7. The lowest BCUT2D eigenvalue weighted by atomic mass is 10.2. The Morgan fingerprint density at radius 3 is 2.59 bits per heavy atom. The molecule has 0 aliphatic rings. The van der Waals surface area contributed by atoms with Gasteiger partial charge in [-0.15, -0.1) is 0 Å². The minimum Gasteiger partial charge on any atom is -0.315 e. The van der Waals surface area contributed by atoms with E-state index in [9.17, 15) is 4.79 Å².